The number of hydrogen-bond acceptors (Lipinski definition) is 6. The first-order valence-electron chi connectivity index (χ1n) is 6.60. The Bertz CT molecular complexity index is 349. The van der Waals surface area contributed by atoms with E-state index in [4.69, 9.17) is 20.4 Å². The Labute approximate surface area is 127 Å². The van der Waals surface area contributed by atoms with Gasteiger partial charge in [-0.1, -0.05) is 13.8 Å². The number of hydrogen-bond donors (Lipinski definition) is 6. The minimum absolute atomic E-state index is 0.0202. The second-order valence-electron chi connectivity index (χ2n) is 3.89. The van der Waals surface area contributed by atoms with Gasteiger partial charge in [-0.3, -0.25) is 19.2 Å². The summed E-state index contributed by atoms with van der Waals surface area (Å²) in [4.78, 5) is 42.2. The first-order valence-corrected chi connectivity index (χ1v) is 6.60. The van der Waals surface area contributed by atoms with Crippen LogP contribution in [0, 0.1) is 0 Å². The zero-order chi connectivity index (χ0) is 17.7. The van der Waals surface area contributed by atoms with Gasteiger partial charge in [0.1, 0.15) is 12.1 Å². The molecule has 0 rings (SSSR count). The van der Waals surface area contributed by atoms with Crippen molar-refractivity contribution >= 4 is 23.9 Å². The van der Waals surface area contributed by atoms with Gasteiger partial charge in [-0.05, 0) is 0 Å². The summed E-state index contributed by atoms with van der Waals surface area (Å²) in [7, 11) is 0. The fourth-order valence-electron chi connectivity index (χ4n) is 1.34. The zero-order valence-electron chi connectivity index (χ0n) is 12.4. The highest BCUT2D eigenvalue weighted by molar-refractivity contribution is 5.81. The fraction of sp³-hybridized carbons (Fsp3) is 0.667. The predicted octanol–water partition coefficient (Wildman–Crippen LogP) is -0.952. The number of carboxylic acid groups (broad SMARTS) is 4. The van der Waals surface area contributed by atoms with E-state index in [2.05, 4.69) is 10.6 Å². The van der Waals surface area contributed by atoms with E-state index in [-0.39, 0.29) is 13.1 Å². The fourth-order valence-corrected chi connectivity index (χ4v) is 1.34. The van der Waals surface area contributed by atoms with E-state index in [1.165, 1.54) is 0 Å². The van der Waals surface area contributed by atoms with Crippen molar-refractivity contribution in [3.05, 3.63) is 0 Å². The molecule has 0 fully saturated rings. The molecule has 128 valence electrons. The summed E-state index contributed by atoms with van der Waals surface area (Å²) >= 11 is 0. The highest BCUT2D eigenvalue weighted by Gasteiger charge is 2.22. The lowest BCUT2D eigenvalue weighted by Gasteiger charge is -2.15. The quantitative estimate of drug-likeness (QED) is 0.260. The lowest BCUT2D eigenvalue weighted by Crippen LogP contribution is -2.45. The Balaban J connectivity index is 0. The van der Waals surface area contributed by atoms with E-state index in [0.717, 1.165) is 0 Å². The molecule has 0 aliphatic heterocycles. The van der Waals surface area contributed by atoms with Crippen LogP contribution in [0.25, 0.3) is 0 Å². The maximum Gasteiger partial charge on any atom is 0.321 e. The highest BCUT2D eigenvalue weighted by Crippen LogP contribution is 1.94. The average Bonchev–Trinajstić information content (AvgIpc) is 2.41. The normalized spacial score (nSPS) is 12.5. The number of nitrogens with one attached hydrogen (secondary N) is 2. The Morgan fingerprint density at radius 3 is 1.18 bits per heavy atom. The van der Waals surface area contributed by atoms with Gasteiger partial charge in [0, 0.05) is 13.1 Å². The number of carboxylic acids is 4. The molecule has 2 unspecified atom stereocenters. The third-order valence-electron chi connectivity index (χ3n) is 2.26. The maximum atomic E-state index is 10.7. The molecular formula is C12H22N2O8. The van der Waals surface area contributed by atoms with Crippen LogP contribution in [0.15, 0.2) is 0 Å². The van der Waals surface area contributed by atoms with Crippen LogP contribution in [0.1, 0.15) is 26.7 Å². The van der Waals surface area contributed by atoms with Gasteiger partial charge in [-0.15, -0.1) is 0 Å². The van der Waals surface area contributed by atoms with Crippen LogP contribution < -0.4 is 10.6 Å². The number of rotatable bonds is 11. The van der Waals surface area contributed by atoms with Gasteiger partial charge in [0.2, 0.25) is 0 Å². The van der Waals surface area contributed by atoms with Crippen molar-refractivity contribution < 1.29 is 39.6 Å². The molecule has 0 aliphatic carbocycles. The van der Waals surface area contributed by atoms with Gasteiger partial charge in [-0.2, -0.15) is 0 Å². The Morgan fingerprint density at radius 1 is 0.727 bits per heavy atom. The minimum atomic E-state index is -1.34. The molecule has 0 aromatic carbocycles. The Kier molecular flexibility index (Phi) is 12.6. The molecular weight excluding hydrogens is 300 g/mol. The molecule has 0 saturated carbocycles. The van der Waals surface area contributed by atoms with Crippen molar-refractivity contribution in [1.29, 1.82) is 0 Å². The molecule has 0 aliphatic rings. The number of carbonyl (C=O) groups is 4. The molecule has 22 heavy (non-hydrogen) atoms. The van der Waals surface area contributed by atoms with E-state index < -0.39 is 48.8 Å². The molecule has 0 spiro atoms. The molecule has 0 aromatic heterocycles. The summed E-state index contributed by atoms with van der Waals surface area (Å²) in [5.41, 5.74) is 0. The largest absolute Gasteiger partial charge is 0.481 e. The molecule has 0 amide bonds. The van der Waals surface area contributed by atoms with Gasteiger partial charge >= 0.3 is 23.9 Å². The molecule has 0 heterocycles. The van der Waals surface area contributed by atoms with Gasteiger partial charge in [0.15, 0.2) is 0 Å². The van der Waals surface area contributed by atoms with Crippen LogP contribution in [-0.2, 0) is 19.2 Å². The van der Waals surface area contributed by atoms with Crippen LogP contribution in [0.2, 0.25) is 0 Å². The topological polar surface area (TPSA) is 173 Å². The second kappa shape index (κ2) is 12.5. The molecule has 0 saturated heterocycles. The summed E-state index contributed by atoms with van der Waals surface area (Å²) < 4.78 is 0. The highest BCUT2D eigenvalue weighted by atomic mass is 16.4. The Morgan fingerprint density at radius 2 is 1.00 bits per heavy atom. The smallest absolute Gasteiger partial charge is 0.321 e. The third-order valence-corrected chi connectivity index (χ3v) is 2.26. The SMILES string of the molecule is CC.O=C(O)CC(NCCNC(CC(=O)O)C(=O)O)C(=O)O. The van der Waals surface area contributed by atoms with Gasteiger partial charge in [-0.25, -0.2) is 0 Å². The molecule has 0 aromatic rings. The summed E-state index contributed by atoms with van der Waals surface area (Å²) in [6, 6.07) is -2.59. The zero-order valence-corrected chi connectivity index (χ0v) is 12.4. The lowest BCUT2D eigenvalue weighted by molar-refractivity contribution is -0.146. The number of aliphatic carboxylic acids is 4. The van der Waals surface area contributed by atoms with Crippen molar-refractivity contribution in [2.45, 2.75) is 38.8 Å². The van der Waals surface area contributed by atoms with E-state index in [1.54, 1.807) is 0 Å². The van der Waals surface area contributed by atoms with E-state index in [1.807, 2.05) is 13.8 Å². The molecule has 2 atom stereocenters. The van der Waals surface area contributed by atoms with E-state index in [0.29, 0.717) is 0 Å². The average molecular weight is 322 g/mol. The third kappa shape index (κ3) is 11.6. The molecule has 0 bridgehead atoms. The first kappa shape index (κ1) is 22.1. The second-order valence-corrected chi connectivity index (χ2v) is 3.89. The molecule has 6 N–H and O–H groups in total. The molecule has 10 nitrogen and oxygen atoms in total. The van der Waals surface area contributed by atoms with Gasteiger partial charge in [0.25, 0.3) is 0 Å². The summed E-state index contributed by atoms with van der Waals surface area (Å²) in [6.45, 7) is 3.96. The van der Waals surface area contributed by atoms with Crippen LogP contribution in [0.3, 0.4) is 0 Å². The lowest BCUT2D eigenvalue weighted by atomic mass is 10.2. The van der Waals surface area contributed by atoms with Crippen molar-refractivity contribution in [1.82, 2.24) is 10.6 Å². The van der Waals surface area contributed by atoms with Gasteiger partial charge in [0.05, 0.1) is 12.8 Å². The van der Waals surface area contributed by atoms with Crippen LogP contribution >= 0.6 is 0 Å². The van der Waals surface area contributed by atoms with Crippen molar-refractivity contribution in [3.63, 3.8) is 0 Å². The van der Waals surface area contributed by atoms with E-state index >= 15 is 0 Å². The Hall–Kier alpha value is -2.20. The van der Waals surface area contributed by atoms with E-state index in [9.17, 15) is 19.2 Å². The van der Waals surface area contributed by atoms with Crippen LogP contribution in [0.4, 0.5) is 0 Å². The maximum absolute atomic E-state index is 10.7. The van der Waals surface area contributed by atoms with Crippen LogP contribution in [0.5, 0.6) is 0 Å². The molecule has 10 heteroatoms. The molecule has 0 radical (unpaired) electrons. The van der Waals surface area contributed by atoms with Crippen molar-refractivity contribution in [2.75, 3.05) is 13.1 Å². The van der Waals surface area contributed by atoms with Crippen LogP contribution in [-0.4, -0.2) is 69.5 Å². The standard InChI is InChI=1S/C10H16N2O8.C2H6/c13-7(14)3-5(9(17)18)11-1-2-12-6(10(19)20)4-8(15)16;1-2/h5-6,11-12H,1-4H2,(H,13,14)(H,15,16)(H,17,18)(H,19,20);1-2H3. The minimum Gasteiger partial charge on any atom is -0.481 e. The summed E-state index contributed by atoms with van der Waals surface area (Å²) in [6.07, 6.45) is -1.24. The van der Waals surface area contributed by atoms with Crippen molar-refractivity contribution in [2.24, 2.45) is 0 Å². The first-order chi connectivity index (χ1) is 10.2. The summed E-state index contributed by atoms with van der Waals surface area (Å²) in [5, 5.41) is 39.2. The van der Waals surface area contributed by atoms with Gasteiger partial charge < -0.3 is 31.1 Å². The van der Waals surface area contributed by atoms with Crippen molar-refractivity contribution in [3.8, 4) is 0 Å². The summed E-state index contributed by atoms with van der Waals surface area (Å²) in [5.74, 6) is -5.25. The monoisotopic (exact) mass is 322 g/mol. The predicted molar refractivity (Wildman–Crippen MR) is 74.7 cm³/mol.